The summed E-state index contributed by atoms with van der Waals surface area (Å²) in [4.78, 5) is 0. The number of rotatable bonds is 4. The molecular weight excluding hydrogens is 234 g/mol. The normalized spacial score (nSPS) is 12.7. The second-order valence-electron chi connectivity index (χ2n) is 3.87. The van der Waals surface area contributed by atoms with Gasteiger partial charge in [-0.3, -0.25) is 4.68 Å². The highest BCUT2D eigenvalue weighted by Crippen LogP contribution is 2.34. The molecule has 6 heteroatoms. The van der Waals surface area contributed by atoms with Crippen LogP contribution in [0.25, 0.3) is 0 Å². The van der Waals surface area contributed by atoms with Gasteiger partial charge in [-0.05, 0) is 18.2 Å². The molecule has 2 aromatic rings. The minimum absolute atomic E-state index is 0.269. The summed E-state index contributed by atoms with van der Waals surface area (Å²) >= 11 is 0. The second-order valence-corrected chi connectivity index (χ2v) is 3.87. The number of nitrogens with zero attached hydrogens (tertiary/aromatic N) is 2. The first-order chi connectivity index (χ1) is 8.81. The molecule has 18 heavy (non-hydrogen) atoms. The zero-order chi connectivity index (χ0) is 12.4. The number of hydrogen-bond donors (Lipinski definition) is 1. The topological polar surface area (TPSA) is 71.5 Å². The predicted molar refractivity (Wildman–Crippen MR) is 64.7 cm³/mol. The van der Waals surface area contributed by atoms with Gasteiger partial charge in [-0.1, -0.05) is 0 Å². The fourth-order valence-electron chi connectivity index (χ4n) is 1.73. The summed E-state index contributed by atoms with van der Waals surface area (Å²) in [7, 11) is 0. The van der Waals surface area contributed by atoms with Crippen LogP contribution in [0.2, 0.25) is 0 Å². The fraction of sp³-hybridized carbons (Fsp3) is 0.250. The molecule has 0 fully saturated rings. The number of anilines is 1. The molecule has 94 valence electrons. The van der Waals surface area contributed by atoms with E-state index in [1.54, 1.807) is 10.7 Å². The quantitative estimate of drug-likeness (QED) is 0.881. The average molecular weight is 247 g/mol. The van der Waals surface area contributed by atoms with Gasteiger partial charge in [0.2, 0.25) is 6.79 Å². The fourth-order valence-corrected chi connectivity index (χ4v) is 1.73. The van der Waals surface area contributed by atoms with Crippen molar-refractivity contribution in [1.82, 2.24) is 9.78 Å². The Morgan fingerprint density at radius 1 is 1.28 bits per heavy atom. The van der Waals surface area contributed by atoms with Crippen LogP contribution in [0.3, 0.4) is 0 Å². The van der Waals surface area contributed by atoms with E-state index in [1.165, 1.54) is 0 Å². The lowest BCUT2D eigenvalue weighted by Gasteiger charge is -2.06. The van der Waals surface area contributed by atoms with E-state index in [-0.39, 0.29) is 6.79 Å². The number of nitrogens with two attached hydrogens (primary N) is 1. The Hall–Kier alpha value is -2.37. The Labute approximate surface area is 104 Å². The monoisotopic (exact) mass is 247 g/mol. The van der Waals surface area contributed by atoms with E-state index in [0.717, 1.165) is 17.2 Å². The molecule has 0 aliphatic carbocycles. The summed E-state index contributed by atoms with van der Waals surface area (Å²) in [6.07, 6.45) is 1.82. The van der Waals surface area contributed by atoms with E-state index >= 15 is 0 Å². The van der Waals surface area contributed by atoms with Crippen LogP contribution < -0.4 is 19.9 Å². The average Bonchev–Trinajstić information content (AvgIpc) is 2.97. The van der Waals surface area contributed by atoms with Gasteiger partial charge in [-0.15, -0.1) is 0 Å². The number of ether oxygens (including phenoxy) is 3. The molecule has 2 N–H and O–H groups in total. The maximum Gasteiger partial charge on any atom is 0.231 e. The highest BCUT2D eigenvalue weighted by atomic mass is 16.7. The minimum Gasteiger partial charge on any atom is -0.492 e. The Morgan fingerprint density at radius 3 is 3.00 bits per heavy atom. The van der Waals surface area contributed by atoms with E-state index in [9.17, 15) is 0 Å². The number of benzene rings is 1. The van der Waals surface area contributed by atoms with Crippen LogP contribution in [0.15, 0.2) is 30.5 Å². The molecular formula is C12H13N3O3. The van der Waals surface area contributed by atoms with Crippen molar-refractivity contribution in [2.45, 2.75) is 6.54 Å². The molecule has 0 radical (unpaired) electrons. The number of fused-ring (bicyclic) bond motifs is 1. The van der Waals surface area contributed by atoms with Crippen molar-refractivity contribution in [3.8, 4) is 17.2 Å². The Kier molecular flexibility index (Phi) is 2.68. The lowest BCUT2D eigenvalue weighted by molar-refractivity contribution is 0.173. The number of aromatic nitrogens is 2. The standard InChI is InChI=1S/C12H13N3O3/c13-12-3-4-15(14-12)5-6-16-9-1-2-10-11(7-9)18-8-17-10/h1-4,7H,5-6,8H2,(H2,13,14). The van der Waals surface area contributed by atoms with Crippen molar-refractivity contribution in [1.29, 1.82) is 0 Å². The summed E-state index contributed by atoms with van der Waals surface area (Å²) in [5.41, 5.74) is 5.52. The van der Waals surface area contributed by atoms with Gasteiger partial charge in [-0.2, -0.15) is 5.10 Å². The molecule has 0 spiro atoms. The third kappa shape index (κ3) is 2.17. The summed E-state index contributed by atoms with van der Waals surface area (Å²) < 4.78 is 17.8. The molecule has 0 saturated heterocycles. The lowest BCUT2D eigenvalue weighted by atomic mass is 10.3. The van der Waals surface area contributed by atoms with E-state index in [1.807, 2.05) is 24.4 Å². The van der Waals surface area contributed by atoms with Crippen LogP contribution in [0.4, 0.5) is 5.82 Å². The van der Waals surface area contributed by atoms with E-state index in [4.69, 9.17) is 19.9 Å². The molecule has 1 aromatic heterocycles. The van der Waals surface area contributed by atoms with Crippen LogP contribution in [-0.4, -0.2) is 23.2 Å². The summed E-state index contributed by atoms with van der Waals surface area (Å²) in [5, 5.41) is 4.07. The van der Waals surface area contributed by atoms with Gasteiger partial charge in [0.25, 0.3) is 0 Å². The van der Waals surface area contributed by atoms with Gasteiger partial charge < -0.3 is 19.9 Å². The van der Waals surface area contributed by atoms with Crippen molar-refractivity contribution >= 4 is 5.82 Å². The van der Waals surface area contributed by atoms with Crippen molar-refractivity contribution in [3.05, 3.63) is 30.5 Å². The molecule has 0 unspecified atom stereocenters. The highest BCUT2D eigenvalue weighted by Gasteiger charge is 2.13. The molecule has 3 rings (SSSR count). The first kappa shape index (κ1) is 10.8. The van der Waals surface area contributed by atoms with Crippen LogP contribution in [0.1, 0.15) is 0 Å². The van der Waals surface area contributed by atoms with Gasteiger partial charge in [0, 0.05) is 12.3 Å². The second kappa shape index (κ2) is 4.48. The molecule has 0 saturated carbocycles. The Bertz CT molecular complexity index is 553. The van der Waals surface area contributed by atoms with Gasteiger partial charge in [0.1, 0.15) is 18.2 Å². The summed E-state index contributed by atoms with van der Waals surface area (Å²) in [6, 6.07) is 7.26. The maximum atomic E-state index is 5.61. The lowest BCUT2D eigenvalue weighted by Crippen LogP contribution is -2.08. The molecule has 2 heterocycles. The van der Waals surface area contributed by atoms with Crippen molar-refractivity contribution < 1.29 is 14.2 Å². The minimum atomic E-state index is 0.269. The van der Waals surface area contributed by atoms with Crippen LogP contribution >= 0.6 is 0 Å². The smallest absolute Gasteiger partial charge is 0.231 e. The SMILES string of the molecule is Nc1ccn(CCOc2ccc3c(c2)OCO3)n1. The highest BCUT2D eigenvalue weighted by molar-refractivity contribution is 5.46. The molecule has 1 aromatic carbocycles. The van der Waals surface area contributed by atoms with Crippen molar-refractivity contribution in [2.75, 3.05) is 19.1 Å². The maximum absolute atomic E-state index is 5.61. The van der Waals surface area contributed by atoms with E-state index in [2.05, 4.69) is 5.10 Å². The molecule has 1 aliphatic heterocycles. The molecule has 0 atom stereocenters. The largest absolute Gasteiger partial charge is 0.492 e. The molecule has 6 nitrogen and oxygen atoms in total. The van der Waals surface area contributed by atoms with Crippen LogP contribution in [0, 0.1) is 0 Å². The summed E-state index contributed by atoms with van der Waals surface area (Å²) in [6.45, 7) is 1.43. The molecule has 0 bridgehead atoms. The molecule has 0 amide bonds. The van der Waals surface area contributed by atoms with Gasteiger partial charge in [0.05, 0.1) is 6.54 Å². The van der Waals surface area contributed by atoms with Crippen LogP contribution in [0.5, 0.6) is 17.2 Å². The van der Waals surface area contributed by atoms with Gasteiger partial charge >= 0.3 is 0 Å². The number of nitrogen functional groups attached to an aromatic ring is 1. The third-order valence-corrected chi connectivity index (χ3v) is 2.59. The third-order valence-electron chi connectivity index (χ3n) is 2.59. The molecule has 1 aliphatic rings. The zero-order valence-electron chi connectivity index (χ0n) is 9.70. The van der Waals surface area contributed by atoms with Crippen molar-refractivity contribution in [2.24, 2.45) is 0 Å². The zero-order valence-corrected chi connectivity index (χ0v) is 9.70. The van der Waals surface area contributed by atoms with Gasteiger partial charge in [0.15, 0.2) is 11.5 Å². The van der Waals surface area contributed by atoms with E-state index in [0.29, 0.717) is 19.0 Å². The Balaban J connectivity index is 1.57. The first-order valence-corrected chi connectivity index (χ1v) is 5.63. The van der Waals surface area contributed by atoms with Crippen molar-refractivity contribution in [3.63, 3.8) is 0 Å². The summed E-state index contributed by atoms with van der Waals surface area (Å²) in [5.74, 6) is 2.73. The van der Waals surface area contributed by atoms with E-state index < -0.39 is 0 Å². The van der Waals surface area contributed by atoms with Gasteiger partial charge in [-0.25, -0.2) is 0 Å². The first-order valence-electron chi connectivity index (χ1n) is 5.63. The number of hydrogen-bond acceptors (Lipinski definition) is 5. The van der Waals surface area contributed by atoms with Crippen LogP contribution in [-0.2, 0) is 6.54 Å². The Morgan fingerprint density at radius 2 is 2.17 bits per heavy atom. The predicted octanol–water partition coefficient (Wildman–Crippen LogP) is 1.27.